The molecular formula is C22H24N2O. The summed E-state index contributed by atoms with van der Waals surface area (Å²) in [6, 6.07) is 30.6. The van der Waals surface area contributed by atoms with E-state index >= 15 is 0 Å². The predicted molar refractivity (Wildman–Crippen MR) is 102 cm³/mol. The van der Waals surface area contributed by atoms with Crippen molar-refractivity contribution in [1.29, 1.82) is 0 Å². The van der Waals surface area contributed by atoms with E-state index in [1.165, 1.54) is 0 Å². The quantitative estimate of drug-likeness (QED) is 0.538. The third-order valence-corrected chi connectivity index (χ3v) is 4.92. The van der Waals surface area contributed by atoms with Crippen molar-refractivity contribution in [2.45, 2.75) is 11.1 Å². The molecule has 0 heterocycles. The first-order valence-electron chi connectivity index (χ1n) is 8.39. The lowest BCUT2D eigenvalue weighted by Crippen LogP contribution is -2.65. The number of nitrogens with two attached hydrogens (primary N) is 2. The maximum Gasteiger partial charge on any atom is 0.146 e. The molecule has 128 valence electrons. The van der Waals surface area contributed by atoms with Crippen LogP contribution in [-0.2, 0) is 10.2 Å². The Kier molecular flexibility index (Phi) is 5.00. The number of benzene rings is 3. The van der Waals surface area contributed by atoms with E-state index in [1.54, 1.807) is 7.11 Å². The van der Waals surface area contributed by atoms with Crippen LogP contribution in [0.1, 0.15) is 16.7 Å². The highest BCUT2D eigenvalue weighted by Gasteiger charge is 2.52. The normalized spacial score (nSPS) is 14.0. The molecule has 0 aliphatic rings. The first kappa shape index (κ1) is 17.4. The van der Waals surface area contributed by atoms with E-state index in [1.807, 2.05) is 54.6 Å². The lowest BCUT2D eigenvalue weighted by molar-refractivity contribution is -0.0374. The Balaban J connectivity index is 2.45. The maximum atomic E-state index is 6.82. The van der Waals surface area contributed by atoms with Crippen LogP contribution >= 0.6 is 0 Å². The van der Waals surface area contributed by atoms with E-state index < -0.39 is 11.1 Å². The monoisotopic (exact) mass is 332 g/mol. The molecule has 3 heteroatoms. The molecule has 3 nitrogen and oxygen atoms in total. The molecule has 1 unspecified atom stereocenters. The summed E-state index contributed by atoms with van der Waals surface area (Å²) >= 11 is 0. The fourth-order valence-corrected chi connectivity index (χ4v) is 3.69. The van der Waals surface area contributed by atoms with Crippen molar-refractivity contribution < 1.29 is 4.74 Å². The summed E-state index contributed by atoms with van der Waals surface area (Å²) in [5, 5.41) is 0. The van der Waals surface area contributed by atoms with E-state index in [9.17, 15) is 0 Å². The number of ether oxygens (including phenoxy) is 1. The van der Waals surface area contributed by atoms with Gasteiger partial charge >= 0.3 is 0 Å². The van der Waals surface area contributed by atoms with E-state index in [4.69, 9.17) is 16.2 Å². The second-order valence-electron chi connectivity index (χ2n) is 6.15. The van der Waals surface area contributed by atoms with Gasteiger partial charge in [-0.15, -0.1) is 0 Å². The molecule has 3 aromatic rings. The molecule has 0 saturated carbocycles. The molecule has 0 saturated heterocycles. The van der Waals surface area contributed by atoms with Gasteiger partial charge in [-0.05, 0) is 16.7 Å². The van der Waals surface area contributed by atoms with Crippen LogP contribution in [0.5, 0.6) is 0 Å². The zero-order valence-corrected chi connectivity index (χ0v) is 14.4. The van der Waals surface area contributed by atoms with Crippen LogP contribution in [0, 0.1) is 0 Å². The van der Waals surface area contributed by atoms with Crippen LogP contribution in [0.25, 0.3) is 0 Å². The van der Waals surface area contributed by atoms with Crippen LogP contribution in [0.3, 0.4) is 0 Å². The highest BCUT2D eigenvalue weighted by molar-refractivity contribution is 5.54. The van der Waals surface area contributed by atoms with Crippen molar-refractivity contribution in [2.75, 3.05) is 13.7 Å². The Bertz CT molecular complexity index is 687. The van der Waals surface area contributed by atoms with Crippen molar-refractivity contribution in [3.63, 3.8) is 0 Å². The highest BCUT2D eigenvalue weighted by Crippen LogP contribution is 2.46. The number of methoxy groups -OCH3 is 1. The van der Waals surface area contributed by atoms with E-state index in [0.29, 0.717) is 0 Å². The van der Waals surface area contributed by atoms with Crippen molar-refractivity contribution >= 4 is 0 Å². The van der Waals surface area contributed by atoms with Gasteiger partial charge in [0.25, 0.3) is 0 Å². The second-order valence-corrected chi connectivity index (χ2v) is 6.15. The maximum absolute atomic E-state index is 6.82. The standard InChI is InChI=1S/C22H24N2O/c1-25-21(24,17-23)22(18-11-5-2-6-12-18,19-13-7-3-8-14-19)20-15-9-4-10-16-20/h2-16H,17,23-24H2,1H3. The first-order chi connectivity index (χ1) is 12.2. The van der Waals surface area contributed by atoms with Gasteiger partial charge in [0, 0.05) is 13.7 Å². The lowest BCUT2D eigenvalue weighted by atomic mass is 9.62. The van der Waals surface area contributed by atoms with E-state index in [0.717, 1.165) is 16.7 Å². The molecule has 0 fully saturated rings. The molecule has 0 radical (unpaired) electrons. The third kappa shape index (κ3) is 2.76. The van der Waals surface area contributed by atoms with Crippen molar-refractivity contribution in [2.24, 2.45) is 11.5 Å². The second kappa shape index (κ2) is 7.19. The van der Waals surface area contributed by atoms with Crippen molar-refractivity contribution in [3.05, 3.63) is 108 Å². The van der Waals surface area contributed by atoms with Gasteiger partial charge in [-0.3, -0.25) is 0 Å². The van der Waals surface area contributed by atoms with Gasteiger partial charge in [-0.25, -0.2) is 0 Å². The SMILES string of the molecule is COC(N)(CN)C(c1ccccc1)(c1ccccc1)c1ccccc1. The smallest absolute Gasteiger partial charge is 0.146 e. The average Bonchev–Trinajstić information content (AvgIpc) is 2.71. The van der Waals surface area contributed by atoms with Crippen LogP contribution in [0.15, 0.2) is 91.0 Å². The van der Waals surface area contributed by atoms with Crippen LogP contribution in [-0.4, -0.2) is 19.4 Å². The van der Waals surface area contributed by atoms with Crippen LogP contribution in [0.2, 0.25) is 0 Å². The Morgan fingerprint density at radius 2 is 1.00 bits per heavy atom. The molecule has 0 bridgehead atoms. The summed E-state index contributed by atoms with van der Waals surface area (Å²) in [6.45, 7) is 0.169. The predicted octanol–water partition coefficient (Wildman–Crippen LogP) is 3.28. The number of rotatable bonds is 6. The molecule has 0 aliphatic carbocycles. The van der Waals surface area contributed by atoms with Gasteiger partial charge in [-0.1, -0.05) is 91.0 Å². The van der Waals surface area contributed by atoms with E-state index in [2.05, 4.69) is 36.4 Å². The van der Waals surface area contributed by atoms with Crippen LogP contribution < -0.4 is 11.5 Å². The Labute approximate surface area is 149 Å². The van der Waals surface area contributed by atoms with Gasteiger partial charge in [0.05, 0.1) is 5.41 Å². The highest BCUT2D eigenvalue weighted by atomic mass is 16.5. The van der Waals surface area contributed by atoms with Gasteiger partial charge in [0.15, 0.2) is 0 Å². The summed E-state index contributed by atoms with van der Waals surface area (Å²) in [6.07, 6.45) is 0. The largest absolute Gasteiger partial charge is 0.361 e. The summed E-state index contributed by atoms with van der Waals surface area (Å²) in [7, 11) is 1.62. The molecule has 4 N–H and O–H groups in total. The minimum absolute atomic E-state index is 0.169. The molecule has 3 aromatic carbocycles. The number of hydrogen-bond donors (Lipinski definition) is 2. The van der Waals surface area contributed by atoms with Gasteiger partial charge in [-0.2, -0.15) is 0 Å². The Hall–Kier alpha value is -2.46. The van der Waals surface area contributed by atoms with Crippen molar-refractivity contribution in [3.8, 4) is 0 Å². The zero-order chi connectivity index (χ0) is 17.8. The summed E-state index contributed by atoms with van der Waals surface area (Å²) in [4.78, 5) is 0. The third-order valence-electron chi connectivity index (χ3n) is 4.92. The van der Waals surface area contributed by atoms with Crippen LogP contribution in [0.4, 0.5) is 0 Å². The summed E-state index contributed by atoms with van der Waals surface area (Å²) in [5.74, 6) is 0. The van der Waals surface area contributed by atoms with Gasteiger partial charge in [0.1, 0.15) is 5.72 Å². The fourth-order valence-electron chi connectivity index (χ4n) is 3.69. The molecule has 0 amide bonds. The van der Waals surface area contributed by atoms with Crippen molar-refractivity contribution in [1.82, 2.24) is 0 Å². The molecule has 1 atom stereocenters. The molecule has 25 heavy (non-hydrogen) atoms. The minimum Gasteiger partial charge on any atom is -0.361 e. The average molecular weight is 332 g/mol. The molecule has 0 aromatic heterocycles. The minimum atomic E-state index is -1.11. The summed E-state index contributed by atoms with van der Waals surface area (Å²) < 4.78 is 5.87. The molecule has 0 spiro atoms. The summed E-state index contributed by atoms with van der Waals surface area (Å²) in [5.41, 5.74) is 14.3. The Morgan fingerprint density at radius 3 is 1.24 bits per heavy atom. The zero-order valence-electron chi connectivity index (χ0n) is 14.4. The fraction of sp³-hybridized carbons (Fsp3) is 0.182. The molecule has 3 rings (SSSR count). The molecular weight excluding hydrogens is 308 g/mol. The first-order valence-corrected chi connectivity index (χ1v) is 8.39. The Morgan fingerprint density at radius 1 is 0.680 bits per heavy atom. The van der Waals surface area contributed by atoms with Gasteiger partial charge in [0.2, 0.25) is 0 Å². The topological polar surface area (TPSA) is 61.3 Å². The van der Waals surface area contributed by atoms with Gasteiger partial charge < -0.3 is 16.2 Å². The van der Waals surface area contributed by atoms with E-state index in [-0.39, 0.29) is 6.54 Å². The molecule has 0 aliphatic heterocycles. The lowest BCUT2D eigenvalue weighted by Gasteiger charge is -2.48. The number of hydrogen-bond acceptors (Lipinski definition) is 3.